The lowest BCUT2D eigenvalue weighted by Crippen LogP contribution is -2.38. The Morgan fingerprint density at radius 2 is 1.81 bits per heavy atom. The Hall–Kier alpha value is -4.20. The summed E-state index contributed by atoms with van der Waals surface area (Å²) in [6.07, 6.45) is 0. The van der Waals surface area contributed by atoms with Crippen molar-refractivity contribution < 1.29 is 4.79 Å². The van der Waals surface area contributed by atoms with Gasteiger partial charge in [-0.25, -0.2) is 4.98 Å². The van der Waals surface area contributed by atoms with Crippen molar-refractivity contribution in [2.24, 2.45) is 0 Å². The van der Waals surface area contributed by atoms with E-state index in [9.17, 15) is 4.79 Å². The molecule has 160 valence electrons. The molecule has 1 amide bonds. The highest BCUT2D eigenvalue weighted by atomic mass is 16.2. The van der Waals surface area contributed by atoms with E-state index in [4.69, 9.17) is 10.7 Å². The monoisotopic (exact) mass is 425 g/mol. The Morgan fingerprint density at radius 1 is 1.06 bits per heavy atom. The quantitative estimate of drug-likeness (QED) is 0.455. The van der Waals surface area contributed by atoms with E-state index in [0.717, 1.165) is 27.7 Å². The molecule has 8 heteroatoms. The van der Waals surface area contributed by atoms with Crippen molar-refractivity contribution in [3.05, 3.63) is 71.8 Å². The molecule has 3 heterocycles. The highest BCUT2D eigenvalue weighted by Crippen LogP contribution is 2.34. The van der Waals surface area contributed by atoms with Crippen molar-refractivity contribution in [1.29, 1.82) is 0 Å². The van der Waals surface area contributed by atoms with Crippen molar-refractivity contribution in [2.45, 2.75) is 13.0 Å². The Kier molecular flexibility index (Phi) is 4.82. The molecule has 0 spiro atoms. The number of hydrogen-bond donors (Lipinski definition) is 3. The smallest absolute Gasteiger partial charge is 0.262 e. The average Bonchev–Trinajstić information content (AvgIpc) is 2.81. The van der Waals surface area contributed by atoms with Crippen LogP contribution in [0.1, 0.15) is 28.9 Å². The lowest BCUT2D eigenvalue weighted by atomic mass is 9.98. The van der Waals surface area contributed by atoms with Crippen LogP contribution in [0, 0.1) is 0 Å². The number of nitrogen functional groups attached to an aromatic ring is 1. The largest absolute Gasteiger partial charge is 0.368 e. The molecule has 1 atom stereocenters. The van der Waals surface area contributed by atoms with Gasteiger partial charge < -0.3 is 21.3 Å². The predicted octanol–water partition coefficient (Wildman–Crippen LogP) is 3.90. The Morgan fingerprint density at radius 3 is 2.62 bits per heavy atom. The number of rotatable bonds is 4. The molecular weight excluding hydrogens is 402 g/mol. The van der Waals surface area contributed by atoms with Crippen molar-refractivity contribution in [3.63, 3.8) is 0 Å². The van der Waals surface area contributed by atoms with Crippen LogP contribution < -0.4 is 16.4 Å². The maximum Gasteiger partial charge on any atom is 0.262 e. The molecule has 1 aliphatic heterocycles. The van der Waals surface area contributed by atoms with Crippen LogP contribution in [0.4, 0.5) is 17.6 Å². The third-order valence-corrected chi connectivity index (χ3v) is 5.59. The molecule has 5 rings (SSSR count). The van der Waals surface area contributed by atoms with Crippen molar-refractivity contribution >= 4 is 34.4 Å². The number of nitrogens with two attached hydrogens (primary N) is 1. The molecule has 2 aromatic carbocycles. The number of fused-ring (bicyclic) bond motifs is 2. The number of carbonyl (C=O) groups excluding carboxylic acids is 1. The first-order valence-electron chi connectivity index (χ1n) is 10.4. The lowest BCUT2D eigenvalue weighted by Gasteiger charge is -2.28. The van der Waals surface area contributed by atoms with E-state index in [0.29, 0.717) is 23.9 Å². The molecule has 0 saturated heterocycles. The lowest BCUT2D eigenvalue weighted by molar-refractivity contribution is 0.0796. The van der Waals surface area contributed by atoms with Gasteiger partial charge in [-0.15, -0.1) is 0 Å². The second-order valence-electron chi connectivity index (χ2n) is 7.84. The number of amides is 1. The van der Waals surface area contributed by atoms with E-state index in [1.54, 1.807) is 11.9 Å². The van der Waals surface area contributed by atoms with Crippen molar-refractivity contribution in [1.82, 2.24) is 19.9 Å². The normalized spacial score (nSPS) is 14.1. The minimum absolute atomic E-state index is 0.100. The second-order valence-corrected chi connectivity index (χ2v) is 7.84. The van der Waals surface area contributed by atoms with E-state index in [1.165, 1.54) is 0 Å². The molecule has 0 bridgehead atoms. The predicted molar refractivity (Wildman–Crippen MR) is 126 cm³/mol. The van der Waals surface area contributed by atoms with Crippen molar-refractivity contribution in [3.8, 4) is 11.3 Å². The first kappa shape index (κ1) is 19.7. The first-order chi connectivity index (χ1) is 15.5. The molecule has 4 N–H and O–H groups in total. The van der Waals surface area contributed by atoms with Crippen molar-refractivity contribution in [2.75, 3.05) is 30.1 Å². The maximum absolute atomic E-state index is 12.8. The number of pyridine rings is 1. The van der Waals surface area contributed by atoms with Crippen LogP contribution in [0.25, 0.3) is 22.2 Å². The fraction of sp³-hybridized carbons (Fsp3) is 0.167. The zero-order chi connectivity index (χ0) is 22.2. The molecular formula is C24H23N7O. The standard InChI is InChI=1S/C24H23N7O/c1-14(27-22-19-21(29-24(25)30-22)26-13-31(2)23(19)32)17-12-16-10-6-7-11-18(16)28-20(17)15-8-4-3-5-9-15/h3-12,14H,13H2,1-2H3,(H4,25,26,27,29,30)/t14-/m0/s1. The van der Waals surface area contributed by atoms with Gasteiger partial charge in [0.2, 0.25) is 5.95 Å². The van der Waals surface area contributed by atoms with Gasteiger partial charge in [0.1, 0.15) is 17.2 Å². The van der Waals surface area contributed by atoms with Gasteiger partial charge in [-0.2, -0.15) is 9.97 Å². The zero-order valence-electron chi connectivity index (χ0n) is 17.8. The van der Waals surface area contributed by atoms with Crippen LogP contribution in [0.15, 0.2) is 60.7 Å². The number of nitrogens with zero attached hydrogens (tertiary/aromatic N) is 4. The Bertz CT molecular complexity index is 1320. The molecule has 0 radical (unpaired) electrons. The SMILES string of the molecule is C[C@H](Nc1nc(N)nc2c1C(=O)N(C)CN2)c1cc2ccccc2nc1-c1ccccc1. The molecule has 8 nitrogen and oxygen atoms in total. The van der Waals surface area contributed by atoms with Gasteiger partial charge in [-0.05, 0) is 19.1 Å². The average molecular weight is 425 g/mol. The first-order valence-corrected chi connectivity index (χ1v) is 10.4. The zero-order valence-corrected chi connectivity index (χ0v) is 17.8. The van der Waals surface area contributed by atoms with Gasteiger partial charge in [0.05, 0.1) is 23.9 Å². The minimum Gasteiger partial charge on any atom is -0.368 e. The van der Waals surface area contributed by atoms with E-state index in [2.05, 4.69) is 26.7 Å². The van der Waals surface area contributed by atoms with Gasteiger partial charge in [0, 0.05) is 23.6 Å². The molecule has 1 aliphatic rings. The number of nitrogens with one attached hydrogen (secondary N) is 2. The van der Waals surface area contributed by atoms with Crippen LogP contribution >= 0.6 is 0 Å². The molecule has 4 aromatic rings. The third-order valence-electron chi connectivity index (χ3n) is 5.59. The minimum atomic E-state index is -0.208. The van der Waals surface area contributed by atoms with Crippen LogP contribution in [0.3, 0.4) is 0 Å². The van der Waals surface area contributed by atoms with Crippen LogP contribution in [0.2, 0.25) is 0 Å². The molecule has 0 saturated carbocycles. The Labute approximate surface area is 185 Å². The number of anilines is 3. The van der Waals surface area contributed by atoms with Gasteiger partial charge >= 0.3 is 0 Å². The molecule has 2 aromatic heterocycles. The van der Waals surface area contributed by atoms with E-state index >= 15 is 0 Å². The maximum atomic E-state index is 12.8. The molecule has 0 aliphatic carbocycles. The van der Waals surface area contributed by atoms with Gasteiger partial charge in [-0.3, -0.25) is 4.79 Å². The fourth-order valence-corrected chi connectivity index (χ4v) is 3.94. The summed E-state index contributed by atoms with van der Waals surface area (Å²) in [6, 6.07) is 20.0. The number of hydrogen-bond acceptors (Lipinski definition) is 7. The summed E-state index contributed by atoms with van der Waals surface area (Å²) in [5.41, 5.74) is 10.1. The molecule has 0 fully saturated rings. The number of para-hydroxylation sites is 1. The van der Waals surface area contributed by atoms with Gasteiger partial charge in [0.15, 0.2) is 0 Å². The highest BCUT2D eigenvalue weighted by molar-refractivity contribution is 6.04. The van der Waals surface area contributed by atoms with Gasteiger partial charge in [-0.1, -0.05) is 48.5 Å². The van der Waals surface area contributed by atoms with E-state index in [-0.39, 0.29) is 17.9 Å². The third kappa shape index (κ3) is 3.45. The summed E-state index contributed by atoms with van der Waals surface area (Å²) in [5, 5.41) is 7.55. The Balaban J connectivity index is 1.62. The summed E-state index contributed by atoms with van der Waals surface area (Å²) < 4.78 is 0. The second kappa shape index (κ2) is 7.81. The highest BCUT2D eigenvalue weighted by Gasteiger charge is 2.28. The van der Waals surface area contributed by atoms with Crippen LogP contribution in [0.5, 0.6) is 0 Å². The summed E-state index contributed by atoms with van der Waals surface area (Å²) in [7, 11) is 1.72. The molecule has 32 heavy (non-hydrogen) atoms. The van der Waals surface area contributed by atoms with Crippen LogP contribution in [-0.2, 0) is 0 Å². The summed E-state index contributed by atoms with van der Waals surface area (Å²) in [6.45, 7) is 2.39. The molecule has 0 unspecified atom stereocenters. The fourth-order valence-electron chi connectivity index (χ4n) is 3.94. The number of benzene rings is 2. The van der Waals surface area contributed by atoms with Gasteiger partial charge in [0.25, 0.3) is 5.91 Å². The summed E-state index contributed by atoms with van der Waals surface area (Å²) >= 11 is 0. The number of carbonyl (C=O) groups is 1. The summed E-state index contributed by atoms with van der Waals surface area (Å²) in [4.78, 5) is 27.9. The van der Waals surface area contributed by atoms with E-state index in [1.807, 2.05) is 61.5 Å². The topological polar surface area (TPSA) is 109 Å². The number of aromatic nitrogens is 3. The summed E-state index contributed by atoms with van der Waals surface area (Å²) in [5.74, 6) is 0.781. The van der Waals surface area contributed by atoms with Crippen LogP contribution in [-0.4, -0.2) is 39.5 Å². The van der Waals surface area contributed by atoms with E-state index < -0.39 is 0 Å².